The third kappa shape index (κ3) is 5.72. The number of rotatable bonds is 7. The number of pyridine rings is 1. The number of nitrogens with one attached hydrogen (secondary N) is 3. The van der Waals surface area contributed by atoms with Crippen molar-refractivity contribution < 1.29 is 9.53 Å². The second kappa shape index (κ2) is 11.3. The lowest BCUT2D eigenvalue weighted by Gasteiger charge is -2.27. The zero-order valence-corrected chi connectivity index (χ0v) is 21.0. The smallest absolute Gasteiger partial charge is 0.257 e. The third-order valence-corrected chi connectivity index (χ3v) is 6.05. The molecule has 186 valence electrons. The van der Waals surface area contributed by atoms with Crippen LogP contribution in [0.4, 0.5) is 17.3 Å². The molecule has 2 heterocycles. The van der Waals surface area contributed by atoms with E-state index in [1.807, 2.05) is 42.6 Å². The van der Waals surface area contributed by atoms with Crippen LogP contribution >= 0.6 is 15.9 Å². The van der Waals surface area contributed by atoms with Crippen molar-refractivity contribution in [2.24, 2.45) is 4.99 Å². The Morgan fingerprint density at radius 3 is 2.70 bits per heavy atom. The van der Waals surface area contributed by atoms with Crippen LogP contribution in [0.25, 0.3) is 0 Å². The lowest BCUT2D eigenvalue weighted by atomic mass is 9.94. The van der Waals surface area contributed by atoms with Crippen LogP contribution in [0.2, 0.25) is 0 Å². The van der Waals surface area contributed by atoms with Crippen molar-refractivity contribution >= 4 is 45.1 Å². The molecule has 1 amide bonds. The largest absolute Gasteiger partial charge is 0.483 e. The molecule has 4 rings (SSSR count). The van der Waals surface area contributed by atoms with Crippen molar-refractivity contribution in [2.45, 2.75) is 12.5 Å². The molecule has 1 unspecified atom stereocenters. The molecule has 0 bridgehead atoms. The lowest BCUT2D eigenvalue weighted by Crippen LogP contribution is -2.33. The van der Waals surface area contributed by atoms with Crippen LogP contribution in [0, 0.1) is 22.8 Å². The molecule has 12 heteroatoms. The van der Waals surface area contributed by atoms with Gasteiger partial charge >= 0.3 is 0 Å². The Morgan fingerprint density at radius 2 is 1.97 bits per heavy atom. The summed E-state index contributed by atoms with van der Waals surface area (Å²) < 4.78 is 6.60. The van der Waals surface area contributed by atoms with Crippen LogP contribution in [-0.2, 0) is 11.2 Å². The predicted molar refractivity (Wildman–Crippen MR) is 142 cm³/mol. The minimum atomic E-state index is -0.819. The van der Waals surface area contributed by atoms with Gasteiger partial charge in [0.25, 0.3) is 5.91 Å². The Kier molecular flexibility index (Phi) is 7.71. The van der Waals surface area contributed by atoms with Crippen LogP contribution in [0.15, 0.2) is 58.0 Å². The highest BCUT2D eigenvalue weighted by molar-refractivity contribution is 9.10. The summed E-state index contributed by atoms with van der Waals surface area (Å²) in [5.74, 6) is 0.388. The second-order valence-corrected chi connectivity index (χ2v) is 8.87. The highest BCUT2D eigenvalue weighted by atomic mass is 79.9. The number of halogens is 1. The number of fused-ring (bicyclic) bond motifs is 1. The Bertz CT molecular complexity index is 1450. The number of anilines is 3. The SMILES string of the molecule is N#CNC1=NC(c2cc(Br)ccc2OCC(=O)NCCc2ccccc2)c2c(nc(N)c(C#N)c2N)N1. The van der Waals surface area contributed by atoms with Crippen LogP contribution in [0.1, 0.15) is 28.3 Å². The van der Waals surface area contributed by atoms with E-state index in [9.17, 15) is 10.1 Å². The molecule has 0 saturated heterocycles. The van der Waals surface area contributed by atoms with Gasteiger partial charge in [-0.15, -0.1) is 0 Å². The van der Waals surface area contributed by atoms with Gasteiger partial charge in [0.2, 0.25) is 5.96 Å². The molecule has 0 aliphatic carbocycles. The first kappa shape index (κ1) is 25.3. The Labute approximate surface area is 221 Å². The molecule has 0 fully saturated rings. The monoisotopic (exact) mass is 559 g/mol. The number of nitrogens with two attached hydrogens (primary N) is 2. The number of benzene rings is 2. The number of nitrogen functional groups attached to an aromatic ring is 2. The molecule has 0 saturated carbocycles. The molecule has 0 spiro atoms. The number of nitriles is 2. The molecule has 11 nitrogen and oxygen atoms in total. The van der Waals surface area contributed by atoms with Crippen molar-refractivity contribution in [1.29, 1.82) is 10.5 Å². The van der Waals surface area contributed by atoms with Crippen molar-refractivity contribution in [3.8, 4) is 18.0 Å². The standard InChI is InChI=1S/C25H22BrN9O2/c26-15-6-7-18(37-12-19(36)31-9-8-14-4-2-1-3-5-14)16(10-15)22-20-21(29)17(11-27)23(30)34-24(20)35-25(33-22)32-13-28/h1-7,10,22H,8-9,12H2,(H,31,36)(H6,29,30,32,33,34,35). The van der Waals surface area contributed by atoms with Gasteiger partial charge in [-0.2, -0.15) is 10.5 Å². The summed E-state index contributed by atoms with van der Waals surface area (Å²) in [5.41, 5.74) is 14.4. The van der Waals surface area contributed by atoms with Crippen LogP contribution in [-0.4, -0.2) is 30.0 Å². The fraction of sp³-hybridized carbons (Fsp3) is 0.160. The zero-order valence-electron chi connectivity index (χ0n) is 19.5. The highest BCUT2D eigenvalue weighted by Crippen LogP contribution is 2.43. The van der Waals surface area contributed by atoms with Gasteiger partial charge in [-0.05, 0) is 30.2 Å². The maximum atomic E-state index is 12.5. The van der Waals surface area contributed by atoms with E-state index >= 15 is 0 Å². The first-order valence-corrected chi connectivity index (χ1v) is 11.9. The second-order valence-electron chi connectivity index (χ2n) is 7.96. The molecule has 2 aromatic carbocycles. The number of ether oxygens (including phenoxy) is 1. The van der Waals surface area contributed by atoms with Gasteiger partial charge in [0.1, 0.15) is 35.1 Å². The van der Waals surface area contributed by atoms with Crippen molar-refractivity contribution in [2.75, 3.05) is 29.9 Å². The van der Waals surface area contributed by atoms with Gasteiger partial charge in [-0.25, -0.2) is 9.98 Å². The fourth-order valence-corrected chi connectivity index (χ4v) is 4.23. The van der Waals surface area contributed by atoms with Gasteiger partial charge < -0.3 is 26.8 Å². The number of aromatic nitrogens is 1. The van der Waals surface area contributed by atoms with E-state index in [4.69, 9.17) is 21.5 Å². The van der Waals surface area contributed by atoms with E-state index in [0.29, 0.717) is 29.8 Å². The maximum absolute atomic E-state index is 12.5. The molecule has 3 aromatic rings. The van der Waals surface area contributed by atoms with E-state index in [0.717, 1.165) is 10.0 Å². The van der Waals surface area contributed by atoms with Gasteiger partial charge in [0.15, 0.2) is 12.8 Å². The third-order valence-electron chi connectivity index (χ3n) is 5.56. The fourth-order valence-electron chi connectivity index (χ4n) is 3.86. The summed E-state index contributed by atoms with van der Waals surface area (Å²) in [7, 11) is 0. The van der Waals surface area contributed by atoms with E-state index in [2.05, 4.69) is 41.9 Å². The first-order valence-electron chi connectivity index (χ1n) is 11.1. The molecule has 7 N–H and O–H groups in total. The number of nitrogens with zero attached hydrogens (tertiary/aromatic N) is 4. The predicted octanol–water partition coefficient (Wildman–Crippen LogP) is 2.56. The summed E-state index contributed by atoms with van der Waals surface area (Å²) in [5, 5.41) is 26.8. The zero-order chi connectivity index (χ0) is 26.4. The van der Waals surface area contributed by atoms with E-state index in [1.165, 1.54) is 0 Å². The summed E-state index contributed by atoms with van der Waals surface area (Å²) in [4.78, 5) is 21.3. The molecule has 1 aromatic heterocycles. The Morgan fingerprint density at radius 1 is 1.19 bits per heavy atom. The summed E-state index contributed by atoms with van der Waals surface area (Å²) in [6.45, 7) is 0.238. The number of guanidine groups is 1. The van der Waals surface area contributed by atoms with Gasteiger partial charge in [-0.1, -0.05) is 46.3 Å². The van der Waals surface area contributed by atoms with Crippen LogP contribution in [0.5, 0.6) is 5.75 Å². The number of amides is 1. The molecule has 1 aliphatic rings. The summed E-state index contributed by atoms with van der Waals surface area (Å²) >= 11 is 3.46. The molecule has 0 radical (unpaired) electrons. The van der Waals surface area contributed by atoms with Gasteiger partial charge in [0.05, 0.1) is 5.69 Å². The first-order chi connectivity index (χ1) is 17.9. The normalized spacial score (nSPS) is 13.7. The van der Waals surface area contributed by atoms with Crippen LogP contribution in [0.3, 0.4) is 0 Å². The molecule has 37 heavy (non-hydrogen) atoms. The lowest BCUT2D eigenvalue weighted by molar-refractivity contribution is -0.123. The maximum Gasteiger partial charge on any atom is 0.257 e. The molecular formula is C25H22BrN9O2. The topological polar surface area (TPSA) is 187 Å². The number of hydrogen-bond donors (Lipinski definition) is 5. The Balaban J connectivity index is 1.60. The highest BCUT2D eigenvalue weighted by Gasteiger charge is 2.31. The quantitative estimate of drug-likeness (QED) is 0.214. The minimum absolute atomic E-state index is 0.0210. The number of hydrogen-bond acceptors (Lipinski definition) is 10. The van der Waals surface area contributed by atoms with Crippen LogP contribution < -0.4 is 32.2 Å². The van der Waals surface area contributed by atoms with E-state index < -0.39 is 6.04 Å². The van der Waals surface area contributed by atoms with E-state index in [-0.39, 0.29) is 41.4 Å². The molecule has 1 aliphatic heterocycles. The molecular weight excluding hydrogens is 538 g/mol. The molecule has 1 atom stereocenters. The number of carbonyl (C=O) groups is 1. The average Bonchev–Trinajstić information content (AvgIpc) is 2.88. The number of aliphatic imine (C=N–C) groups is 1. The van der Waals surface area contributed by atoms with E-state index in [1.54, 1.807) is 18.2 Å². The van der Waals surface area contributed by atoms with Crippen molar-refractivity contribution in [3.05, 3.63) is 75.3 Å². The summed E-state index contributed by atoms with van der Waals surface area (Å²) in [6, 6.07) is 16.2. The minimum Gasteiger partial charge on any atom is -0.483 e. The number of carbonyl (C=O) groups excluding carboxylic acids is 1. The van der Waals surface area contributed by atoms with Crippen molar-refractivity contribution in [1.82, 2.24) is 15.6 Å². The van der Waals surface area contributed by atoms with Gasteiger partial charge in [0, 0.05) is 22.1 Å². The average molecular weight is 560 g/mol. The summed E-state index contributed by atoms with van der Waals surface area (Å²) in [6.07, 6.45) is 2.51. The van der Waals surface area contributed by atoms with Gasteiger partial charge in [-0.3, -0.25) is 10.1 Å². The Hall–Kier alpha value is -4.81. The van der Waals surface area contributed by atoms with Crippen molar-refractivity contribution in [3.63, 3.8) is 0 Å².